The summed E-state index contributed by atoms with van der Waals surface area (Å²) >= 11 is 0. The number of nitrogens with two attached hydrogens (primary N) is 1. The van der Waals surface area contributed by atoms with E-state index in [9.17, 15) is 4.39 Å². The number of aromatic nitrogens is 2. The van der Waals surface area contributed by atoms with E-state index in [2.05, 4.69) is 4.98 Å². The minimum Gasteiger partial charge on any atom is -0.486 e. The van der Waals surface area contributed by atoms with Gasteiger partial charge in [0.15, 0.2) is 11.5 Å². The molecule has 0 spiro atoms. The van der Waals surface area contributed by atoms with E-state index in [1.807, 2.05) is 16.7 Å². The Hall–Kier alpha value is -2.60. The van der Waals surface area contributed by atoms with Crippen LogP contribution in [0, 0.1) is 5.82 Å². The van der Waals surface area contributed by atoms with Crippen molar-refractivity contribution in [3.8, 4) is 11.5 Å². The molecule has 1 aliphatic heterocycles. The second-order valence-corrected chi connectivity index (χ2v) is 5.43. The van der Waals surface area contributed by atoms with Crippen molar-refractivity contribution in [2.24, 2.45) is 5.73 Å². The fraction of sp³-hybridized carbons (Fsp3) is 0.235. The van der Waals surface area contributed by atoms with Gasteiger partial charge in [-0.25, -0.2) is 9.37 Å². The first-order valence-corrected chi connectivity index (χ1v) is 7.48. The van der Waals surface area contributed by atoms with Crippen LogP contribution in [0.15, 0.2) is 36.4 Å². The highest BCUT2D eigenvalue weighted by molar-refractivity contribution is 5.81. The summed E-state index contributed by atoms with van der Waals surface area (Å²) in [6, 6.07) is 10.2. The van der Waals surface area contributed by atoms with Crippen molar-refractivity contribution in [3.05, 3.63) is 53.6 Å². The van der Waals surface area contributed by atoms with Crippen molar-refractivity contribution >= 4 is 11.0 Å². The summed E-state index contributed by atoms with van der Waals surface area (Å²) in [6.07, 6.45) is 0. The van der Waals surface area contributed by atoms with Crippen LogP contribution in [0.1, 0.15) is 11.4 Å². The maximum Gasteiger partial charge on any atom is 0.163 e. The molecule has 0 fully saturated rings. The Morgan fingerprint density at radius 3 is 2.48 bits per heavy atom. The number of nitrogens with zero attached hydrogens (tertiary/aromatic N) is 2. The van der Waals surface area contributed by atoms with Crippen LogP contribution in [-0.4, -0.2) is 22.8 Å². The standard InChI is InChI=1S/C17H16FN3O2/c18-12-3-1-11(2-4-12)10-21-14-8-16-15(22-5-6-23-16)7-13(14)20-17(21)9-19/h1-4,7-8H,5-6,9-10,19H2. The predicted molar refractivity (Wildman–Crippen MR) is 84.1 cm³/mol. The Morgan fingerprint density at radius 2 is 1.78 bits per heavy atom. The van der Waals surface area contributed by atoms with Gasteiger partial charge in [0.1, 0.15) is 24.9 Å². The highest BCUT2D eigenvalue weighted by Gasteiger charge is 2.17. The molecule has 0 saturated carbocycles. The van der Waals surface area contributed by atoms with Gasteiger partial charge in [0.25, 0.3) is 0 Å². The lowest BCUT2D eigenvalue weighted by atomic mass is 10.2. The molecule has 0 aliphatic carbocycles. The predicted octanol–water partition coefficient (Wildman–Crippen LogP) is 2.45. The summed E-state index contributed by atoms with van der Waals surface area (Å²) in [7, 11) is 0. The fourth-order valence-corrected chi connectivity index (χ4v) is 2.82. The van der Waals surface area contributed by atoms with E-state index in [1.165, 1.54) is 12.1 Å². The summed E-state index contributed by atoms with van der Waals surface area (Å²) in [5, 5.41) is 0. The van der Waals surface area contributed by atoms with Gasteiger partial charge in [-0.05, 0) is 17.7 Å². The minimum atomic E-state index is -0.247. The molecule has 0 bridgehead atoms. The van der Waals surface area contributed by atoms with Crippen LogP contribution in [0.3, 0.4) is 0 Å². The third-order valence-electron chi connectivity index (χ3n) is 3.93. The lowest BCUT2D eigenvalue weighted by molar-refractivity contribution is 0.172. The fourth-order valence-electron chi connectivity index (χ4n) is 2.82. The minimum absolute atomic E-state index is 0.247. The van der Waals surface area contributed by atoms with Crippen LogP contribution in [0.2, 0.25) is 0 Å². The number of hydrogen-bond acceptors (Lipinski definition) is 4. The van der Waals surface area contributed by atoms with Gasteiger partial charge in [-0.1, -0.05) is 12.1 Å². The molecule has 5 nitrogen and oxygen atoms in total. The molecule has 2 N–H and O–H groups in total. The van der Waals surface area contributed by atoms with Crippen molar-refractivity contribution in [3.63, 3.8) is 0 Å². The summed E-state index contributed by atoms with van der Waals surface area (Å²) in [4.78, 5) is 4.58. The van der Waals surface area contributed by atoms with Crippen molar-refractivity contribution < 1.29 is 13.9 Å². The van der Waals surface area contributed by atoms with Gasteiger partial charge in [-0.3, -0.25) is 0 Å². The Kier molecular flexibility index (Phi) is 3.38. The number of ether oxygens (including phenoxy) is 2. The van der Waals surface area contributed by atoms with E-state index in [4.69, 9.17) is 15.2 Å². The number of fused-ring (bicyclic) bond motifs is 2. The zero-order valence-electron chi connectivity index (χ0n) is 12.5. The molecular weight excluding hydrogens is 297 g/mol. The van der Waals surface area contributed by atoms with E-state index in [0.717, 1.165) is 22.4 Å². The maximum atomic E-state index is 13.1. The number of benzene rings is 2. The molecule has 6 heteroatoms. The van der Waals surface area contributed by atoms with Crippen molar-refractivity contribution in [1.29, 1.82) is 0 Å². The van der Waals surface area contributed by atoms with Gasteiger partial charge < -0.3 is 19.8 Å². The van der Waals surface area contributed by atoms with Crippen LogP contribution in [0.4, 0.5) is 4.39 Å². The van der Waals surface area contributed by atoms with Crippen molar-refractivity contribution in [2.45, 2.75) is 13.1 Å². The molecule has 3 aromatic rings. The summed E-state index contributed by atoms with van der Waals surface area (Å²) in [5.74, 6) is 1.95. The summed E-state index contributed by atoms with van der Waals surface area (Å²) in [5.41, 5.74) is 8.57. The molecule has 0 saturated heterocycles. The quantitative estimate of drug-likeness (QED) is 0.807. The summed E-state index contributed by atoms with van der Waals surface area (Å²) in [6.45, 7) is 1.97. The molecule has 0 unspecified atom stereocenters. The van der Waals surface area contributed by atoms with Crippen LogP contribution in [0.5, 0.6) is 11.5 Å². The molecule has 1 aromatic heterocycles. The molecule has 0 radical (unpaired) electrons. The molecule has 4 rings (SSSR count). The molecule has 0 amide bonds. The lowest BCUT2D eigenvalue weighted by Gasteiger charge is -2.18. The number of imidazole rings is 1. The van der Waals surface area contributed by atoms with Crippen molar-refractivity contribution in [1.82, 2.24) is 9.55 Å². The SMILES string of the molecule is NCc1nc2cc3c(cc2n1Cc1ccc(F)cc1)OCCO3. The Morgan fingerprint density at radius 1 is 1.09 bits per heavy atom. The average molecular weight is 313 g/mol. The Bertz CT molecular complexity index is 858. The highest BCUT2D eigenvalue weighted by Crippen LogP contribution is 2.35. The van der Waals surface area contributed by atoms with Crippen LogP contribution < -0.4 is 15.2 Å². The van der Waals surface area contributed by atoms with Gasteiger partial charge in [-0.2, -0.15) is 0 Å². The average Bonchev–Trinajstić information content (AvgIpc) is 2.91. The van der Waals surface area contributed by atoms with E-state index < -0.39 is 0 Å². The van der Waals surface area contributed by atoms with Crippen LogP contribution in [-0.2, 0) is 13.1 Å². The van der Waals surface area contributed by atoms with E-state index in [-0.39, 0.29) is 5.82 Å². The van der Waals surface area contributed by atoms with Crippen LogP contribution in [0.25, 0.3) is 11.0 Å². The molecule has 0 atom stereocenters. The Balaban J connectivity index is 1.81. The van der Waals surface area contributed by atoms with E-state index in [1.54, 1.807) is 12.1 Å². The zero-order chi connectivity index (χ0) is 15.8. The van der Waals surface area contributed by atoms with E-state index >= 15 is 0 Å². The number of rotatable bonds is 3. The largest absolute Gasteiger partial charge is 0.486 e. The van der Waals surface area contributed by atoms with Gasteiger partial charge in [0, 0.05) is 18.7 Å². The first kappa shape index (κ1) is 14.0. The van der Waals surface area contributed by atoms with Gasteiger partial charge >= 0.3 is 0 Å². The molecule has 2 aromatic carbocycles. The van der Waals surface area contributed by atoms with Crippen LogP contribution >= 0.6 is 0 Å². The van der Waals surface area contributed by atoms with Gasteiger partial charge in [-0.15, -0.1) is 0 Å². The first-order chi connectivity index (χ1) is 11.2. The third kappa shape index (κ3) is 2.51. The number of halogens is 1. The zero-order valence-corrected chi connectivity index (χ0v) is 12.5. The summed E-state index contributed by atoms with van der Waals surface area (Å²) < 4.78 is 26.4. The number of hydrogen-bond donors (Lipinski definition) is 1. The topological polar surface area (TPSA) is 62.3 Å². The highest BCUT2D eigenvalue weighted by atomic mass is 19.1. The normalized spacial score (nSPS) is 13.5. The lowest BCUT2D eigenvalue weighted by Crippen LogP contribution is -2.15. The monoisotopic (exact) mass is 313 g/mol. The molecule has 118 valence electrons. The first-order valence-electron chi connectivity index (χ1n) is 7.48. The second-order valence-electron chi connectivity index (χ2n) is 5.43. The maximum absolute atomic E-state index is 13.1. The third-order valence-corrected chi connectivity index (χ3v) is 3.93. The second kappa shape index (κ2) is 5.55. The van der Waals surface area contributed by atoms with Gasteiger partial charge in [0.2, 0.25) is 0 Å². The molecule has 23 heavy (non-hydrogen) atoms. The van der Waals surface area contributed by atoms with Gasteiger partial charge in [0.05, 0.1) is 17.6 Å². The molecular formula is C17H16FN3O2. The molecule has 1 aliphatic rings. The Labute approximate surface area is 132 Å². The van der Waals surface area contributed by atoms with Crippen molar-refractivity contribution in [2.75, 3.05) is 13.2 Å². The molecule has 2 heterocycles. The van der Waals surface area contributed by atoms with E-state index in [0.29, 0.717) is 37.8 Å². The smallest absolute Gasteiger partial charge is 0.163 e.